The lowest BCUT2D eigenvalue weighted by molar-refractivity contribution is -0.116. The summed E-state index contributed by atoms with van der Waals surface area (Å²) in [6.07, 6.45) is 0.473. The molecule has 2 aliphatic rings. The van der Waals surface area contributed by atoms with Crippen molar-refractivity contribution < 1.29 is 9.53 Å². The highest BCUT2D eigenvalue weighted by Crippen LogP contribution is 2.31. The number of para-hydroxylation sites is 1. The molecule has 0 aromatic heterocycles. The number of carbonyl (C=O) groups excluding carboxylic acids is 1. The molecule has 3 N–H and O–H groups in total. The number of halogens is 1. The molecule has 2 aromatic carbocycles. The van der Waals surface area contributed by atoms with Crippen molar-refractivity contribution in [1.29, 1.82) is 0 Å². The Morgan fingerprint density at radius 3 is 2.73 bits per heavy atom. The molecule has 0 bridgehead atoms. The molecule has 0 spiro atoms. The third-order valence-corrected chi connectivity index (χ3v) is 6.22. The number of aryl methyl sites for hydroxylation is 1. The monoisotopic (exact) mass is 563 g/mol. The molecular formula is C25H34IN5O2. The first-order chi connectivity index (χ1) is 15.6. The first-order valence-electron chi connectivity index (χ1n) is 11.4. The van der Waals surface area contributed by atoms with Crippen LogP contribution in [0.3, 0.4) is 0 Å². The number of benzene rings is 2. The second kappa shape index (κ2) is 12.3. The Bertz CT molecular complexity index is 961. The van der Waals surface area contributed by atoms with E-state index in [4.69, 9.17) is 4.74 Å². The number of fused-ring (bicyclic) bond motifs is 1. The predicted octanol–water partition coefficient (Wildman–Crippen LogP) is 3.28. The number of guanidine groups is 1. The van der Waals surface area contributed by atoms with Gasteiger partial charge in [0, 0.05) is 51.3 Å². The first-order valence-corrected chi connectivity index (χ1v) is 11.4. The highest BCUT2D eigenvalue weighted by atomic mass is 127. The van der Waals surface area contributed by atoms with Crippen LogP contribution in [0.1, 0.15) is 35.1 Å². The number of hydrogen-bond acceptors (Lipinski definition) is 4. The van der Waals surface area contributed by atoms with E-state index in [0.717, 1.165) is 44.5 Å². The predicted molar refractivity (Wildman–Crippen MR) is 144 cm³/mol. The Hall–Kier alpha value is -2.17. The van der Waals surface area contributed by atoms with Crippen LogP contribution in [0.4, 0.5) is 5.69 Å². The van der Waals surface area contributed by atoms with Gasteiger partial charge in [-0.05, 0) is 24.1 Å². The van der Waals surface area contributed by atoms with Gasteiger partial charge in [-0.2, -0.15) is 0 Å². The number of anilines is 1. The quantitative estimate of drug-likeness (QED) is 0.286. The fourth-order valence-electron chi connectivity index (χ4n) is 4.54. The summed E-state index contributed by atoms with van der Waals surface area (Å²) in [5.41, 5.74) is 4.64. The SMILES string of the molecule is CN=C(NCC1CC(=O)Nc2ccccc21)NCC(c1cccc(C)c1)N1CCOCC1.I. The van der Waals surface area contributed by atoms with Crippen molar-refractivity contribution in [1.82, 2.24) is 15.5 Å². The summed E-state index contributed by atoms with van der Waals surface area (Å²) in [5.74, 6) is 0.926. The van der Waals surface area contributed by atoms with E-state index >= 15 is 0 Å². The molecule has 33 heavy (non-hydrogen) atoms. The number of carbonyl (C=O) groups is 1. The average Bonchev–Trinajstić information content (AvgIpc) is 2.81. The van der Waals surface area contributed by atoms with Crippen molar-refractivity contribution >= 4 is 41.5 Å². The summed E-state index contributed by atoms with van der Waals surface area (Å²) in [4.78, 5) is 19.0. The molecule has 7 nitrogen and oxygen atoms in total. The van der Waals surface area contributed by atoms with Crippen LogP contribution in [0.5, 0.6) is 0 Å². The van der Waals surface area contributed by atoms with E-state index in [-0.39, 0.29) is 41.8 Å². The zero-order chi connectivity index (χ0) is 22.3. The number of ether oxygens (including phenoxy) is 1. The molecule has 2 aromatic rings. The van der Waals surface area contributed by atoms with E-state index in [1.807, 2.05) is 18.2 Å². The number of morpholine rings is 1. The molecule has 2 atom stereocenters. The summed E-state index contributed by atoms with van der Waals surface area (Å²) < 4.78 is 5.57. The summed E-state index contributed by atoms with van der Waals surface area (Å²) in [7, 11) is 1.78. The molecule has 2 aliphatic heterocycles. The lowest BCUT2D eigenvalue weighted by Gasteiger charge is -2.35. The van der Waals surface area contributed by atoms with Crippen molar-refractivity contribution in [3.63, 3.8) is 0 Å². The van der Waals surface area contributed by atoms with E-state index in [1.54, 1.807) is 7.05 Å². The topological polar surface area (TPSA) is 78.0 Å². The number of rotatable bonds is 6. The molecule has 4 rings (SSSR count). The maximum Gasteiger partial charge on any atom is 0.225 e. The van der Waals surface area contributed by atoms with Gasteiger partial charge in [-0.1, -0.05) is 48.0 Å². The zero-order valence-electron chi connectivity index (χ0n) is 19.3. The minimum Gasteiger partial charge on any atom is -0.379 e. The highest BCUT2D eigenvalue weighted by Gasteiger charge is 2.26. The molecule has 8 heteroatoms. The van der Waals surface area contributed by atoms with E-state index < -0.39 is 0 Å². The number of hydrogen-bond donors (Lipinski definition) is 3. The van der Waals surface area contributed by atoms with Crippen molar-refractivity contribution in [3.05, 3.63) is 65.2 Å². The van der Waals surface area contributed by atoms with Crippen LogP contribution in [0.25, 0.3) is 0 Å². The van der Waals surface area contributed by atoms with Crippen molar-refractivity contribution in [2.45, 2.75) is 25.3 Å². The molecule has 2 heterocycles. The van der Waals surface area contributed by atoms with E-state index in [0.29, 0.717) is 13.0 Å². The summed E-state index contributed by atoms with van der Waals surface area (Å²) in [5, 5.41) is 9.92. The highest BCUT2D eigenvalue weighted by molar-refractivity contribution is 14.0. The molecule has 0 radical (unpaired) electrons. The van der Waals surface area contributed by atoms with Crippen LogP contribution in [0, 0.1) is 6.92 Å². The maximum absolute atomic E-state index is 12.1. The second-order valence-corrected chi connectivity index (χ2v) is 8.45. The smallest absolute Gasteiger partial charge is 0.225 e. The van der Waals surface area contributed by atoms with Gasteiger partial charge in [-0.25, -0.2) is 0 Å². The Labute approximate surface area is 213 Å². The van der Waals surface area contributed by atoms with Crippen LogP contribution in [0.15, 0.2) is 53.5 Å². The van der Waals surface area contributed by atoms with Gasteiger partial charge in [0.2, 0.25) is 5.91 Å². The average molecular weight is 563 g/mol. The Kier molecular flexibility index (Phi) is 9.52. The molecule has 2 unspecified atom stereocenters. The molecular weight excluding hydrogens is 529 g/mol. The number of nitrogens with zero attached hydrogens (tertiary/aromatic N) is 2. The van der Waals surface area contributed by atoms with Crippen LogP contribution in [-0.2, 0) is 9.53 Å². The van der Waals surface area contributed by atoms with E-state index in [1.165, 1.54) is 16.7 Å². The molecule has 0 saturated carbocycles. The molecule has 1 saturated heterocycles. The number of amides is 1. The first kappa shape index (κ1) is 25.5. The van der Waals surface area contributed by atoms with Gasteiger partial charge in [0.25, 0.3) is 0 Å². The van der Waals surface area contributed by atoms with Gasteiger partial charge in [0.15, 0.2) is 5.96 Å². The normalized spacial score (nSPS) is 19.6. The fourth-order valence-corrected chi connectivity index (χ4v) is 4.54. The lowest BCUT2D eigenvalue weighted by Crippen LogP contribution is -2.47. The van der Waals surface area contributed by atoms with Crippen LogP contribution < -0.4 is 16.0 Å². The van der Waals surface area contributed by atoms with Gasteiger partial charge in [0.1, 0.15) is 0 Å². The van der Waals surface area contributed by atoms with Crippen LogP contribution >= 0.6 is 24.0 Å². The van der Waals surface area contributed by atoms with Crippen LogP contribution in [0.2, 0.25) is 0 Å². The second-order valence-electron chi connectivity index (χ2n) is 8.45. The minimum absolute atomic E-state index is 0. The molecule has 0 aliphatic carbocycles. The van der Waals surface area contributed by atoms with Crippen molar-refractivity contribution in [3.8, 4) is 0 Å². The summed E-state index contributed by atoms with van der Waals surface area (Å²) >= 11 is 0. The standard InChI is InChI=1S/C25H33N5O2.HI/c1-18-6-5-7-19(14-18)23(30-10-12-32-13-11-30)17-28-25(26-2)27-16-20-15-24(31)29-22-9-4-3-8-21(20)22;/h3-9,14,20,23H,10-13,15-17H2,1-2H3,(H,29,31)(H2,26,27,28);1H. The van der Waals surface area contributed by atoms with E-state index in [2.05, 4.69) is 63.1 Å². The van der Waals surface area contributed by atoms with Crippen LogP contribution in [-0.4, -0.2) is 63.2 Å². The van der Waals surface area contributed by atoms with Crippen molar-refractivity contribution in [2.24, 2.45) is 4.99 Å². The Morgan fingerprint density at radius 1 is 1.18 bits per heavy atom. The Morgan fingerprint density at radius 2 is 1.97 bits per heavy atom. The molecule has 1 fully saturated rings. The maximum atomic E-state index is 12.1. The number of aliphatic imine (C=N–C) groups is 1. The Balaban J connectivity index is 0.00000306. The van der Waals surface area contributed by atoms with E-state index in [9.17, 15) is 4.79 Å². The van der Waals surface area contributed by atoms with Gasteiger partial charge in [-0.15, -0.1) is 24.0 Å². The number of nitrogens with one attached hydrogen (secondary N) is 3. The zero-order valence-corrected chi connectivity index (χ0v) is 21.7. The third-order valence-electron chi connectivity index (χ3n) is 6.22. The summed E-state index contributed by atoms with van der Waals surface area (Å²) in [6.45, 7) is 6.88. The van der Waals surface area contributed by atoms with Gasteiger partial charge in [-0.3, -0.25) is 14.7 Å². The molecule has 1 amide bonds. The summed E-state index contributed by atoms with van der Waals surface area (Å²) in [6, 6.07) is 17.0. The molecule has 178 valence electrons. The fraction of sp³-hybridized carbons (Fsp3) is 0.440. The van der Waals surface area contributed by atoms with Gasteiger partial charge >= 0.3 is 0 Å². The van der Waals surface area contributed by atoms with Gasteiger partial charge in [0.05, 0.1) is 19.3 Å². The third kappa shape index (κ3) is 6.68. The lowest BCUT2D eigenvalue weighted by atomic mass is 9.90. The largest absolute Gasteiger partial charge is 0.379 e. The minimum atomic E-state index is 0. The van der Waals surface area contributed by atoms with Crippen molar-refractivity contribution in [2.75, 3.05) is 51.8 Å². The van der Waals surface area contributed by atoms with Gasteiger partial charge < -0.3 is 20.7 Å².